The van der Waals surface area contributed by atoms with Crippen LogP contribution in [0, 0.1) is 0 Å². The summed E-state index contributed by atoms with van der Waals surface area (Å²) in [5, 5.41) is 6.47. The van der Waals surface area contributed by atoms with Gasteiger partial charge in [-0.25, -0.2) is 4.98 Å². The monoisotopic (exact) mass is 628 g/mol. The lowest BCUT2D eigenvalue weighted by Crippen LogP contribution is -2.15. The van der Waals surface area contributed by atoms with Gasteiger partial charge in [0.15, 0.2) is 0 Å². The standard InChI is InChI=1S/C45H28N2O2/c1-45(2)33-14-6-3-11-28(33)40-34(45)24-32(39-31-13-5-8-16-37(31)49-44(39)40)27-20-21-29(38-30-12-4-7-15-36(30)48-43(27)38)35-22-19-26-18-17-25-10-9-23-46-41(25)42(26)47-35/h3-24H,1-2H3. The molecule has 49 heavy (non-hydrogen) atoms. The molecule has 4 heterocycles. The molecule has 10 aromatic rings. The third-order valence-electron chi connectivity index (χ3n) is 10.7. The summed E-state index contributed by atoms with van der Waals surface area (Å²) in [5.74, 6) is 0. The van der Waals surface area contributed by atoms with Crippen LogP contribution in [-0.2, 0) is 5.41 Å². The molecule has 0 saturated carbocycles. The second kappa shape index (κ2) is 9.42. The first-order chi connectivity index (χ1) is 24.1. The van der Waals surface area contributed by atoms with Gasteiger partial charge >= 0.3 is 0 Å². The number of furan rings is 2. The van der Waals surface area contributed by atoms with Gasteiger partial charge in [0.05, 0.1) is 16.7 Å². The maximum atomic E-state index is 6.86. The lowest BCUT2D eigenvalue weighted by atomic mass is 9.80. The summed E-state index contributed by atoms with van der Waals surface area (Å²) >= 11 is 0. The van der Waals surface area contributed by atoms with Gasteiger partial charge in [-0.05, 0) is 58.7 Å². The average Bonchev–Trinajstić information content (AvgIpc) is 3.79. The fourth-order valence-corrected chi connectivity index (χ4v) is 8.39. The molecule has 0 fully saturated rings. The molecule has 0 spiro atoms. The van der Waals surface area contributed by atoms with Gasteiger partial charge in [-0.3, -0.25) is 4.98 Å². The van der Waals surface area contributed by atoms with E-state index in [1.807, 2.05) is 24.4 Å². The normalized spacial score (nSPS) is 13.7. The van der Waals surface area contributed by atoms with Crippen LogP contribution < -0.4 is 0 Å². The zero-order chi connectivity index (χ0) is 32.4. The Labute approximate surface area is 281 Å². The number of hydrogen-bond donors (Lipinski definition) is 0. The van der Waals surface area contributed by atoms with Gasteiger partial charge < -0.3 is 8.83 Å². The molecular weight excluding hydrogens is 601 g/mol. The van der Waals surface area contributed by atoms with E-state index in [-0.39, 0.29) is 5.41 Å². The third kappa shape index (κ3) is 3.53. The van der Waals surface area contributed by atoms with E-state index in [0.29, 0.717) is 0 Å². The van der Waals surface area contributed by atoms with E-state index >= 15 is 0 Å². The molecule has 0 bridgehead atoms. The fraction of sp³-hybridized carbons (Fsp3) is 0.0667. The Morgan fingerprint density at radius 2 is 1.16 bits per heavy atom. The molecule has 0 radical (unpaired) electrons. The highest BCUT2D eigenvalue weighted by Crippen LogP contribution is 2.55. The highest BCUT2D eigenvalue weighted by molar-refractivity contribution is 6.23. The van der Waals surface area contributed by atoms with Crippen molar-refractivity contribution in [3.05, 3.63) is 145 Å². The highest BCUT2D eigenvalue weighted by Gasteiger charge is 2.39. The van der Waals surface area contributed by atoms with Crippen molar-refractivity contribution in [3.63, 3.8) is 0 Å². The van der Waals surface area contributed by atoms with Gasteiger partial charge in [0, 0.05) is 60.6 Å². The predicted octanol–water partition coefficient (Wildman–Crippen LogP) is 12.2. The van der Waals surface area contributed by atoms with Crippen molar-refractivity contribution in [1.29, 1.82) is 0 Å². The van der Waals surface area contributed by atoms with E-state index < -0.39 is 0 Å². The lowest BCUT2D eigenvalue weighted by molar-refractivity contribution is 0.653. The highest BCUT2D eigenvalue weighted by atomic mass is 16.3. The molecule has 1 aliphatic rings. The molecule has 0 saturated heterocycles. The molecule has 1 aliphatic carbocycles. The Kier molecular flexibility index (Phi) is 5.15. The van der Waals surface area contributed by atoms with Crippen LogP contribution in [0.4, 0.5) is 0 Å². The summed E-state index contributed by atoms with van der Waals surface area (Å²) < 4.78 is 13.7. The van der Waals surface area contributed by atoms with Crippen molar-refractivity contribution in [2.24, 2.45) is 0 Å². The Morgan fingerprint density at radius 3 is 1.98 bits per heavy atom. The molecule has 4 aromatic heterocycles. The molecule has 11 rings (SSSR count). The molecule has 0 N–H and O–H groups in total. The van der Waals surface area contributed by atoms with Crippen LogP contribution in [0.3, 0.4) is 0 Å². The fourth-order valence-electron chi connectivity index (χ4n) is 8.39. The minimum absolute atomic E-state index is 0.202. The number of pyridine rings is 2. The molecule has 0 amide bonds. The molecule has 0 aliphatic heterocycles. The number of para-hydroxylation sites is 2. The van der Waals surface area contributed by atoms with E-state index in [1.54, 1.807) is 0 Å². The van der Waals surface area contributed by atoms with Crippen molar-refractivity contribution in [2.45, 2.75) is 19.3 Å². The summed E-state index contributed by atoms with van der Waals surface area (Å²) in [7, 11) is 0. The summed E-state index contributed by atoms with van der Waals surface area (Å²) in [6, 6.07) is 44.8. The van der Waals surface area contributed by atoms with Gasteiger partial charge in [-0.1, -0.05) is 105 Å². The van der Waals surface area contributed by atoms with E-state index in [1.165, 1.54) is 22.3 Å². The topological polar surface area (TPSA) is 52.1 Å². The molecular formula is C45H28N2O2. The van der Waals surface area contributed by atoms with E-state index in [2.05, 4.69) is 123 Å². The summed E-state index contributed by atoms with van der Waals surface area (Å²) in [4.78, 5) is 9.98. The minimum Gasteiger partial charge on any atom is -0.455 e. The van der Waals surface area contributed by atoms with E-state index in [9.17, 15) is 0 Å². The first-order valence-electron chi connectivity index (χ1n) is 16.7. The Bertz CT molecular complexity index is 3030. The summed E-state index contributed by atoms with van der Waals surface area (Å²) in [6.45, 7) is 4.64. The molecule has 4 heteroatoms. The van der Waals surface area contributed by atoms with Gasteiger partial charge in [0.2, 0.25) is 0 Å². The number of nitrogens with zero attached hydrogens (tertiary/aromatic N) is 2. The van der Waals surface area contributed by atoms with E-state index in [4.69, 9.17) is 18.8 Å². The van der Waals surface area contributed by atoms with Crippen LogP contribution in [0.15, 0.2) is 142 Å². The van der Waals surface area contributed by atoms with Crippen molar-refractivity contribution >= 4 is 65.7 Å². The van der Waals surface area contributed by atoms with Crippen LogP contribution in [0.2, 0.25) is 0 Å². The Balaban J connectivity index is 1.25. The van der Waals surface area contributed by atoms with Gasteiger partial charge in [-0.2, -0.15) is 0 Å². The number of fused-ring (bicyclic) bond motifs is 13. The number of rotatable bonds is 2. The molecule has 6 aromatic carbocycles. The van der Waals surface area contributed by atoms with Crippen molar-refractivity contribution in [1.82, 2.24) is 9.97 Å². The number of hydrogen-bond acceptors (Lipinski definition) is 4. The predicted molar refractivity (Wildman–Crippen MR) is 200 cm³/mol. The SMILES string of the molecule is CC1(C)c2ccccc2-c2c1cc(-c1ccc(-c3ccc4ccc5cccnc5c4n3)c3c1oc1ccccc13)c1c2oc2ccccc21. The zero-order valence-electron chi connectivity index (χ0n) is 26.9. The molecule has 0 unspecified atom stereocenters. The summed E-state index contributed by atoms with van der Waals surface area (Å²) in [6.07, 6.45) is 1.84. The van der Waals surface area contributed by atoms with Crippen molar-refractivity contribution in [3.8, 4) is 33.5 Å². The van der Waals surface area contributed by atoms with Crippen LogP contribution >= 0.6 is 0 Å². The smallest absolute Gasteiger partial charge is 0.144 e. The second-order valence-corrected chi connectivity index (χ2v) is 13.7. The molecule has 0 atom stereocenters. The zero-order valence-corrected chi connectivity index (χ0v) is 26.9. The third-order valence-corrected chi connectivity index (χ3v) is 10.7. The van der Waals surface area contributed by atoms with E-state index in [0.717, 1.165) is 88.1 Å². The van der Waals surface area contributed by atoms with Crippen molar-refractivity contribution in [2.75, 3.05) is 0 Å². The van der Waals surface area contributed by atoms with Crippen LogP contribution in [0.5, 0.6) is 0 Å². The second-order valence-electron chi connectivity index (χ2n) is 13.7. The van der Waals surface area contributed by atoms with Crippen molar-refractivity contribution < 1.29 is 8.83 Å². The van der Waals surface area contributed by atoms with Gasteiger partial charge in [0.25, 0.3) is 0 Å². The maximum Gasteiger partial charge on any atom is 0.144 e. The largest absolute Gasteiger partial charge is 0.455 e. The van der Waals surface area contributed by atoms with Crippen LogP contribution in [0.1, 0.15) is 25.0 Å². The molecule has 230 valence electrons. The number of benzene rings is 6. The maximum absolute atomic E-state index is 6.86. The van der Waals surface area contributed by atoms with Crippen LogP contribution in [-0.4, -0.2) is 9.97 Å². The van der Waals surface area contributed by atoms with Crippen LogP contribution in [0.25, 0.3) is 99.2 Å². The Hall–Kier alpha value is -6.26. The molecule has 4 nitrogen and oxygen atoms in total. The number of aromatic nitrogens is 2. The Morgan fingerprint density at radius 1 is 0.510 bits per heavy atom. The summed E-state index contributed by atoms with van der Waals surface area (Å²) in [5.41, 5.74) is 14.2. The first-order valence-corrected chi connectivity index (χ1v) is 16.7. The van der Waals surface area contributed by atoms with Gasteiger partial charge in [0.1, 0.15) is 22.3 Å². The lowest BCUT2D eigenvalue weighted by Gasteiger charge is -2.22. The average molecular weight is 629 g/mol. The minimum atomic E-state index is -0.202. The quantitative estimate of drug-likeness (QED) is 0.179. The van der Waals surface area contributed by atoms with Gasteiger partial charge in [-0.15, -0.1) is 0 Å². The first kappa shape index (κ1) is 26.8.